The van der Waals surface area contributed by atoms with Gasteiger partial charge in [-0.3, -0.25) is 9.36 Å². The minimum Gasteiger partial charge on any atom is -0.309 e. The Morgan fingerprint density at radius 1 is 1.22 bits per heavy atom. The minimum atomic E-state index is -0.0790. The van der Waals surface area contributed by atoms with E-state index in [-0.39, 0.29) is 10.8 Å². The Bertz CT molecular complexity index is 1190. The number of rotatable bonds is 4. The molecular formula is C19H19N5OS2. The Balaban J connectivity index is 1.69. The highest BCUT2D eigenvalue weighted by Crippen LogP contribution is 2.34. The molecule has 0 fully saturated rings. The maximum atomic E-state index is 12.5. The number of thiophene rings is 1. The molecule has 0 radical (unpaired) electrons. The molecule has 0 bridgehead atoms. The molecule has 0 aliphatic heterocycles. The summed E-state index contributed by atoms with van der Waals surface area (Å²) >= 11 is 3.08. The quantitative estimate of drug-likeness (QED) is 0.518. The van der Waals surface area contributed by atoms with Crippen molar-refractivity contribution in [2.75, 3.05) is 0 Å². The third-order valence-corrected chi connectivity index (χ3v) is 6.78. The smallest absolute Gasteiger partial charge is 0.259 e. The summed E-state index contributed by atoms with van der Waals surface area (Å²) in [5, 5.41) is 9.72. The summed E-state index contributed by atoms with van der Waals surface area (Å²) in [4.78, 5) is 22.1. The summed E-state index contributed by atoms with van der Waals surface area (Å²) in [6, 6.07) is 8.10. The van der Waals surface area contributed by atoms with Gasteiger partial charge in [-0.1, -0.05) is 30.0 Å². The molecule has 0 saturated carbocycles. The summed E-state index contributed by atoms with van der Waals surface area (Å²) in [6.45, 7) is 8.05. The molecule has 0 aliphatic rings. The fraction of sp³-hybridized carbons (Fsp3) is 0.263. The number of thioether (sulfide) groups is 1. The average molecular weight is 398 g/mol. The van der Waals surface area contributed by atoms with Crippen molar-refractivity contribution < 1.29 is 0 Å². The zero-order chi connectivity index (χ0) is 19.1. The Morgan fingerprint density at radius 2 is 2.00 bits per heavy atom. The second-order valence-corrected chi connectivity index (χ2v) is 8.96. The van der Waals surface area contributed by atoms with E-state index in [1.807, 2.05) is 43.5 Å². The van der Waals surface area contributed by atoms with Gasteiger partial charge in [0.2, 0.25) is 0 Å². The Kier molecular flexibility index (Phi) is 4.61. The van der Waals surface area contributed by atoms with Crippen molar-refractivity contribution in [3.63, 3.8) is 0 Å². The van der Waals surface area contributed by atoms with Gasteiger partial charge in [-0.2, -0.15) is 0 Å². The van der Waals surface area contributed by atoms with Crippen molar-refractivity contribution in [2.24, 2.45) is 0 Å². The number of hydrogen-bond donors (Lipinski definition) is 1. The summed E-state index contributed by atoms with van der Waals surface area (Å²) < 4.78 is 1.96. The van der Waals surface area contributed by atoms with Crippen LogP contribution in [0.1, 0.15) is 34.0 Å². The van der Waals surface area contributed by atoms with Crippen LogP contribution in [0, 0.1) is 20.8 Å². The van der Waals surface area contributed by atoms with Crippen LogP contribution in [-0.2, 0) is 0 Å². The van der Waals surface area contributed by atoms with Gasteiger partial charge >= 0.3 is 0 Å². The van der Waals surface area contributed by atoms with Crippen LogP contribution in [-0.4, -0.2) is 24.7 Å². The largest absolute Gasteiger partial charge is 0.309 e. The number of nitrogens with one attached hydrogen (secondary N) is 1. The van der Waals surface area contributed by atoms with Gasteiger partial charge in [-0.25, -0.2) is 4.98 Å². The van der Waals surface area contributed by atoms with E-state index in [1.54, 1.807) is 17.7 Å². The molecule has 8 heteroatoms. The number of H-pyrrole nitrogens is 1. The fourth-order valence-electron chi connectivity index (χ4n) is 2.98. The van der Waals surface area contributed by atoms with Gasteiger partial charge in [0.05, 0.1) is 16.3 Å². The van der Waals surface area contributed by atoms with E-state index in [0.717, 1.165) is 31.7 Å². The molecular weight excluding hydrogens is 378 g/mol. The maximum absolute atomic E-state index is 12.5. The SMILES string of the molecule is Cc1ccccc1-n1cnnc1S[C@@H](C)c1nc2sc(C)c(C)c2c(=O)[nH]1. The number of fused-ring (bicyclic) bond motifs is 1. The lowest BCUT2D eigenvalue weighted by molar-refractivity contribution is 0.857. The number of benzene rings is 1. The van der Waals surface area contributed by atoms with Gasteiger partial charge in [0.15, 0.2) is 5.16 Å². The van der Waals surface area contributed by atoms with Crippen molar-refractivity contribution >= 4 is 33.3 Å². The molecule has 4 rings (SSSR count). The third kappa shape index (κ3) is 3.19. The summed E-state index contributed by atoms with van der Waals surface area (Å²) in [7, 11) is 0. The van der Waals surface area contributed by atoms with Crippen LogP contribution in [0.3, 0.4) is 0 Å². The topological polar surface area (TPSA) is 76.5 Å². The summed E-state index contributed by atoms with van der Waals surface area (Å²) in [5.74, 6) is 0.651. The highest BCUT2D eigenvalue weighted by Gasteiger charge is 2.19. The van der Waals surface area contributed by atoms with Crippen LogP contribution >= 0.6 is 23.1 Å². The van der Waals surface area contributed by atoms with E-state index in [1.165, 1.54) is 11.8 Å². The van der Waals surface area contributed by atoms with Gasteiger partial charge in [-0.15, -0.1) is 21.5 Å². The lowest BCUT2D eigenvalue weighted by Gasteiger charge is -2.12. The van der Waals surface area contributed by atoms with Crippen molar-refractivity contribution in [1.29, 1.82) is 0 Å². The zero-order valence-corrected chi connectivity index (χ0v) is 17.1. The van der Waals surface area contributed by atoms with E-state index in [4.69, 9.17) is 4.98 Å². The van der Waals surface area contributed by atoms with Crippen molar-refractivity contribution in [3.05, 3.63) is 62.8 Å². The molecule has 0 amide bonds. The number of para-hydroxylation sites is 1. The summed E-state index contributed by atoms with van der Waals surface area (Å²) in [5.41, 5.74) is 3.11. The van der Waals surface area contributed by atoms with Gasteiger partial charge < -0.3 is 4.98 Å². The molecule has 6 nitrogen and oxygen atoms in total. The van der Waals surface area contributed by atoms with Gasteiger partial charge in [0.1, 0.15) is 17.0 Å². The number of aromatic nitrogens is 5. The first kappa shape index (κ1) is 17.9. The second kappa shape index (κ2) is 6.94. The molecule has 1 N–H and O–H groups in total. The predicted molar refractivity (Wildman–Crippen MR) is 110 cm³/mol. The average Bonchev–Trinajstić information content (AvgIpc) is 3.20. The molecule has 0 unspecified atom stereocenters. The molecule has 3 heterocycles. The van der Waals surface area contributed by atoms with Crippen LogP contribution in [0.5, 0.6) is 0 Å². The first-order chi connectivity index (χ1) is 13.0. The molecule has 4 aromatic rings. The Labute approximate surface area is 164 Å². The van der Waals surface area contributed by atoms with Crippen LogP contribution in [0.15, 0.2) is 40.5 Å². The Hall–Kier alpha value is -2.45. The number of aryl methyl sites for hydroxylation is 3. The standard InChI is InChI=1S/C19H19N5OS2/c1-10-7-5-6-8-14(10)24-9-20-23-19(24)27-13(4)16-21-17(25)15-11(2)12(3)26-18(15)22-16/h5-9,13H,1-4H3,(H,21,22,25)/t13-/m0/s1. The first-order valence-corrected chi connectivity index (χ1v) is 10.3. The number of hydrogen-bond acceptors (Lipinski definition) is 6. The van der Waals surface area contributed by atoms with E-state index >= 15 is 0 Å². The van der Waals surface area contributed by atoms with E-state index in [9.17, 15) is 4.79 Å². The zero-order valence-electron chi connectivity index (χ0n) is 15.5. The van der Waals surface area contributed by atoms with E-state index < -0.39 is 0 Å². The fourth-order valence-corrected chi connectivity index (χ4v) is 4.91. The molecule has 1 aromatic carbocycles. The van der Waals surface area contributed by atoms with Gasteiger partial charge in [-0.05, 0) is 44.9 Å². The van der Waals surface area contributed by atoms with Crippen LogP contribution in [0.2, 0.25) is 0 Å². The van der Waals surface area contributed by atoms with E-state index in [2.05, 4.69) is 28.2 Å². The second-order valence-electron chi connectivity index (χ2n) is 6.44. The maximum Gasteiger partial charge on any atom is 0.259 e. The van der Waals surface area contributed by atoms with Crippen LogP contribution in [0.25, 0.3) is 15.9 Å². The molecule has 0 saturated heterocycles. The number of nitrogens with zero attached hydrogens (tertiary/aromatic N) is 4. The molecule has 3 aromatic heterocycles. The molecule has 1 atom stereocenters. The van der Waals surface area contributed by atoms with E-state index in [0.29, 0.717) is 11.2 Å². The van der Waals surface area contributed by atoms with Crippen molar-refractivity contribution in [2.45, 2.75) is 38.1 Å². The lowest BCUT2D eigenvalue weighted by Crippen LogP contribution is -2.12. The van der Waals surface area contributed by atoms with Gasteiger partial charge in [0.25, 0.3) is 5.56 Å². The van der Waals surface area contributed by atoms with Crippen LogP contribution < -0.4 is 5.56 Å². The molecule has 0 aliphatic carbocycles. The normalized spacial score (nSPS) is 12.6. The van der Waals surface area contributed by atoms with Crippen LogP contribution in [0.4, 0.5) is 0 Å². The first-order valence-electron chi connectivity index (χ1n) is 8.58. The Morgan fingerprint density at radius 3 is 2.78 bits per heavy atom. The lowest BCUT2D eigenvalue weighted by atomic mass is 10.2. The minimum absolute atomic E-state index is 0.0724. The summed E-state index contributed by atoms with van der Waals surface area (Å²) in [6.07, 6.45) is 1.71. The van der Waals surface area contributed by atoms with Crippen molar-refractivity contribution in [1.82, 2.24) is 24.7 Å². The highest BCUT2D eigenvalue weighted by molar-refractivity contribution is 7.99. The predicted octanol–water partition coefficient (Wildman–Crippen LogP) is 4.34. The highest BCUT2D eigenvalue weighted by atomic mass is 32.2. The monoisotopic (exact) mass is 397 g/mol. The third-order valence-electron chi connectivity index (χ3n) is 4.62. The van der Waals surface area contributed by atoms with Gasteiger partial charge in [0, 0.05) is 4.88 Å². The molecule has 27 heavy (non-hydrogen) atoms. The molecule has 0 spiro atoms. The number of aromatic amines is 1. The molecule has 138 valence electrons. The van der Waals surface area contributed by atoms with Crippen molar-refractivity contribution in [3.8, 4) is 5.69 Å².